The van der Waals surface area contributed by atoms with E-state index in [1.807, 2.05) is 0 Å². The van der Waals surface area contributed by atoms with Crippen molar-refractivity contribution in [2.24, 2.45) is 5.73 Å². The van der Waals surface area contributed by atoms with Crippen molar-refractivity contribution >= 4 is 0 Å². The summed E-state index contributed by atoms with van der Waals surface area (Å²) in [4.78, 5) is 3.86. The Morgan fingerprint density at radius 3 is 2.60 bits per heavy atom. The third-order valence-electron chi connectivity index (χ3n) is 2.23. The van der Waals surface area contributed by atoms with E-state index in [2.05, 4.69) is 10.1 Å². The second-order valence-corrected chi connectivity index (χ2v) is 3.18. The molecule has 1 aromatic carbocycles. The van der Waals surface area contributed by atoms with Gasteiger partial charge in [0.15, 0.2) is 0 Å². The van der Waals surface area contributed by atoms with Crippen LogP contribution in [0.4, 0.5) is 4.39 Å². The lowest BCUT2D eigenvalue weighted by Gasteiger charge is -2.14. The van der Waals surface area contributed by atoms with Crippen molar-refractivity contribution in [1.29, 1.82) is 0 Å². The summed E-state index contributed by atoms with van der Waals surface area (Å²) in [5, 5.41) is 4.02. The fraction of sp³-hybridized carbons (Fsp3) is 0.200. The topological polar surface area (TPSA) is 56.7 Å². The lowest BCUT2D eigenvalue weighted by molar-refractivity contribution is 0.528. The standard InChI is InChI=1S/C10H11FN4/c11-9-3-1-8(2-4-9)10(5-12)15-7-13-6-14-15/h1-4,6-7,10H,5,12H2. The summed E-state index contributed by atoms with van der Waals surface area (Å²) in [6, 6.07) is 6.14. The quantitative estimate of drug-likeness (QED) is 0.813. The maximum Gasteiger partial charge on any atom is 0.137 e. The molecule has 0 saturated heterocycles. The highest BCUT2D eigenvalue weighted by Gasteiger charge is 2.11. The van der Waals surface area contributed by atoms with Crippen LogP contribution in [-0.2, 0) is 0 Å². The minimum Gasteiger partial charge on any atom is -0.328 e. The first kappa shape index (κ1) is 9.79. The molecule has 0 amide bonds. The van der Waals surface area contributed by atoms with E-state index in [0.717, 1.165) is 5.56 Å². The second-order valence-electron chi connectivity index (χ2n) is 3.18. The first-order chi connectivity index (χ1) is 7.31. The average molecular weight is 206 g/mol. The van der Waals surface area contributed by atoms with E-state index in [1.54, 1.807) is 23.1 Å². The Kier molecular flexibility index (Phi) is 2.73. The lowest BCUT2D eigenvalue weighted by atomic mass is 10.1. The van der Waals surface area contributed by atoms with Crippen LogP contribution in [0.5, 0.6) is 0 Å². The van der Waals surface area contributed by atoms with E-state index >= 15 is 0 Å². The SMILES string of the molecule is NCC(c1ccc(F)cc1)n1cncn1. The highest BCUT2D eigenvalue weighted by molar-refractivity contribution is 5.20. The Hall–Kier alpha value is -1.75. The lowest BCUT2D eigenvalue weighted by Crippen LogP contribution is -2.20. The van der Waals surface area contributed by atoms with Gasteiger partial charge in [-0.15, -0.1) is 0 Å². The van der Waals surface area contributed by atoms with Crippen LogP contribution in [0.15, 0.2) is 36.9 Å². The van der Waals surface area contributed by atoms with Crippen LogP contribution in [0.3, 0.4) is 0 Å². The highest BCUT2D eigenvalue weighted by atomic mass is 19.1. The van der Waals surface area contributed by atoms with E-state index in [9.17, 15) is 4.39 Å². The molecule has 1 unspecified atom stereocenters. The minimum atomic E-state index is -0.256. The molecule has 78 valence electrons. The van der Waals surface area contributed by atoms with Crippen molar-refractivity contribution in [2.75, 3.05) is 6.54 Å². The number of hydrogen-bond acceptors (Lipinski definition) is 3. The molecule has 15 heavy (non-hydrogen) atoms. The van der Waals surface area contributed by atoms with Gasteiger partial charge in [-0.1, -0.05) is 12.1 Å². The predicted octanol–water partition coefficient (Wildman–Crippen LogP) is 0.965. The van der Waals surface area contributed by atoms with Gasteiger partial charge in [-0.3, -0.25) is 0 Å². The van der Waals surface area contributed by atoms with E-state index in [0.29, 0.717) is 6.54 Å². The van der Waals surface area contributed by atoms with Gasteiger partial charge in [0.05, 0.1) is 6.04 Å². The van der Waals surface area contributed by atoms with Crippen LogP contribution in [0.1, 0.15) is 11.6 Å². The monoisotopic (exact) mass is 206 g/mol. The molecule has 0 spiro atoms. The summed E-state index contributed by atoms with van der Waals surface area (Å²) in [7, 11) is 0. The smallest absolute Gasteiger partial charge is 0.137 e. The molecule has 0 bridgehead atoms. The van der Waals surface area contributed by atoms with Gasteiger partial charge in [0, 0.05) is 6.54 Å². The zero-order chi connectivity index (χ0) is 10.7. The maximum atomic E-state index is 12.7. The molecule has 2 aromatic rings. The largest absolute Gasteiger partial charge is 0.328 e. The van der Waals surface area contributed by atoms with Gasteiger partial charge in [0.1, 0.15) is 18.5 Å². The molecule has 0 radical (unpaired) electrons. The third-order valence-corrected chi connectivity index (χ3v) is 2.23. The molecule has 0 aliphatic heterocycles. The summed E-state index contributed by atoms with van der Waals surface area (Å²) < 4.78 is 14.4. The molecule has 0 aliphatic carbocycles. The zero-order valence-electron chi connectivity index (χ0n) is 8.05. The number of nitrogens with zero attached hydrogens (tertiary/aromatic N) is 3. The molecule has 0 saturated carbocycles. The molecule has 1 heterocycles. The Labute approximate surface area is 86.6 Å². The summed E-state index contributed by atoms with van der Waals surface area (Å²) in [5.74, 6) is -0.256. The Morgan fingerprint density at radius 2 is 2.07 bits per heavy atom. The van der Waals surface area contributed by atoms with Gasteiger partial charge >= 0.3 is 0 Å². The van der Waals surface area contributed by atoms with Crippen LogP contribution in [0.2, 0.25) is 0 Å². The Bertz CT molecular complexity index is 409. The highest BCUT2D eigenvalue weighted by Crippen LogP contribution is 2.15. The molecule has 0 fully saturated rings. The number of halogens is 1. The molecular formula is C10H11FN4. The van der Waals surface area contributed by atoms with Crippen LogP contribution < -0.4 is 5.73 Å². The molecule has 2 N–H and O–H groups in total. The van der Waals surface area contributed by atoms with Crippen LogP contribution in [0.25, 0.3) is 0 Å². The van der Waals surface area contributed by atoms with Crippen molar-refractivity contribution in [2.45, 2.75) is 6.04 Å². The molecule has 0 aliphatic rings. The van der Waals surface area contributed by atoms with Crippen molar-refractivity contribution in [3.8, 4) is 0 Å². The van der Waals surface area contributed by atoms with E-state index in [1.165, 1.54) is 18.5 Å². The van der Waals surface area contributed by atoms with Crippen molar-refractivity contribution < 1.29 is 4.39 Å². The first-order valence-electron chi connectivity index (χ1n) is 4.61. The van der Waals surface area contributed by atoms with E-state index < -0.39 is 0 Å². The normalized spacial score (nSPS) is 12.7. The summed E-state index contributed by atoms with van der Waals surface area (Å²) in [6.07, 6.45) is 3.05. The van der Waals surface area contributed by atoms with Gasteiger partial charge in [0.2, 0.25) is 0 Å². The van der Waals surface area contributed by atoms with Gasteiger partial charge in [-0.25, -0.2) is 14.1 Å². The van der Waals surface area contributed by atoms with Gasteiger partial charge < -0.3 is 5.73 Å². The summed E-state index contributed by atoms with van der Waals surface area (Å²) in [5.41, 5.74) is 6.57. The number of hydrogen-bond donors (Lipinski definition) is 1. The Morgan fingerprint density at radius 1 is 1.33 bits per heavy atom. The third kappa shape index (κ3) is 2.02. The molecular weight excluding hydrogens is 195 g/mol. The summed E-state index contributed by atoms with van der Waals surface area (Å²) in [6.45, 7) is 0.398. The van der Waals surface area contributed by atoms with Gasteiger partial charge in [0.25, 0.3) is 0 Å². The van der Waals surface area contributed by atoms with Crippen molar-refractivity contribution in [1.82, 2.24) is 14.8 Å². The molecule has 5 heteroatoms. The maximum absolute atomic E-state index is 12.7. The van der Waals surface area contributed by atoms with Crippen molar-refractivity contribution in [3.05, 3.63) is 48.3 Å². The summed E-state index contributed by atoms with van der Waals surface area (Å²) >= 11 is 0. The second kappa shape index (κ2) is 4.18. The number of rotatable bonds is 3. The fourth-order valence-corrected chi connectivity index (χ4v) is 1.46. The van der Waals surface area contributed by atoms with E-state index in [-0.39, 0.29) is 11.9 Å². The van der Waals surface area contributed by atoms with E-state index in [4.69, 9.17) is 5.73 Å². The molecule has 1 aromatic heterocycles. The fourth-order valence-electron chi connectivity index (χ4n) is 1.46. The predicted molar refractivity (Wildman–Crippen MR) is 53.6 cm³/mol. The Balaban J connectivity index is 2.31. The van der Waals surface area contributed by atoms with Crippen LogP contribution in [-0.4, -0.2) is 21.3 Å². The molecule has 4 nitrogen and oxygen atoms in total. The molecule has 1 atom stereocenters. The molecule has 2 rings (SSSR count). The average Bonchev–Trinajstić information content (AvgIpc) is 2.75. The zero-order valence-corrected chi connectivity index (χ0v) is 8.05. The van der Waals surface area contributed by atoms with Gasteiger partial charge in [-0.05, 0) is 17.7 Å². The number of benzene rings is 1. The minimum absolute atomic E-state index is 0.0897. The van der Waals surface area contributed by atoms with Crippen molar-refractivity contribution in [3.63, 3.8) is 0 Å². The first-order valence-corrected chi connectivity index (χ1v) is 4.61. The van der Waals surface area contributed by atoms with Crippen LogP contribution >= 0.6 is 0 Å². The van der Waals surface area contributed by atoms with Gasteiger partial charge in [-0.2, -0.15) is 5.10 Å². The number of aromatic nitrogens is 3. The van der Waals surface area contributed by atoms with Crippen LogP contribution in [0, 0.1) is 5.82 Å². The number of nitrogens with two attached hydrogens (primary N) is 1.